The SMILES string of the molecule is Cc1ccc(-c2ccc(-c3cc(-c4ccc(-c5ncccn5)cc4)cc(-c4nc(-c5ccccc5)cc(-c5ccccc5)n4)c3)cc2)cn1. The predicted octanol–water partition coefficient (Wildman–Crippen LogP) is 10.6. The Hall–Kier alpha value is -6.59. The zero-order valence-electron chi connectivity index (χ0n) is 26.9. The second kappa shape index (κ2) is 13.3. The van der Waals surface area contributed by atoms with E-state index in [1.54, 1.807) is 12.4 Å². The van der Waals surface area contributed by atoms with Crippen molar-refractivity contribution in [2.24, 2.45) is 0 Å². The van der Waals surface area contributed by atoms with Gasteiger partial charge in [-0.1, -0.05) is 115 Å². The molecule has 0 aliphatic rings. The third kappa shape index (κ3) is 6.51. The molecule has 0 saturated heterocycles. The summed E-state index contributed by atoms with van der Waals surface area (Å²) in [6.07, 6.45) is 5.45. The summed E-state index contributed by atoms with van der Waals surface area (Å²) in [5, 5.41) is 0. The Balaban J connectivity index is 1.27. The summed E-state index contributed by atoms with van der Waals surface area (Å²) in [6.45, 7) is 2.00. The van der Waals surface area contributed by atoms with Crippen LogP contribution in [0.1, 0.15) is 5.69 Å². The fraction of sp³-hybridized carbons (Fsp3) is 0.0227. The van der Waals surface area contributed by atoms with E-state index in [2.05, 4.69) is 118 Å². The lowest BCUT2D eigenvalue weighted by atomic mass is 9.94. The first-order chi connectivity index (χ1) is 24.2. The highest BCUT2D eigenvalue weighted by molar-refractivity contribution is 5.82. The van der Waals surface area contributed by atoms with Crippen LogP contribution in [0.5, 0.6) is 0 Å². The lowest BCUT2D eigenvalue weighted by molar-refractivity contribution is 1.18. The molecule has 0 radical (unpaired) electrons. The molecule has 8 rings (SSSR count). The van der Waals surface area contributed by atoms with Gasteiger partial charge in [-0.2, -0.15) is 0 Å². The van der Waals surface area contributed by atoms with Gasteiger partial charge in [-0.3, -0.25) is 4.98 Å². The van der Waals surface area contributed by atoms with Crippen LogP contribution in [0.15, 0.2) is 170 Å². The van der Waals surface area contributed by atoms with Gasteiger partial charge in [0, 0.05) is 52.1 Å². The average molecular weight is 630 g/mol. The minimum Gasteiger partial charge on any atom is -0.261 e. The second-order valence-electron chi connectivity index (χ2n) is 11.9. The fourth-order valence-electron chi connectivity index (χ4n) is 5.93. The van der Waals surface area contributed by atoms with E-state index in [1.165, 1.54) is 0 Å². The molecule has 0 amide bonds. The number of benzene rings is 5. The first-order valence-electron chi connectivity index (χ1n) is 16.2. The van der Waals surface area contributed by atoms with Crippen molar-refractivity contribution >= 4 is 0 Å². The highest BCUT2D eigenvalue weighted by Crippen LogP contribution is 2.35. The van der Waals surface area contributed by atoms with E-state index in [4.69, 9.17) is 9.97 Å². The number of aromatic nitrogens is 5. The Morgan fingerprint density at radius 1 is 0.327 bits per heavy atom. The van der Waals surface area contributed by atoms with Crippen LogP contribution in [0.25, 0.3) is 78.7 Å². The van der Waals surface area contributed by atoms with Crippen molar-refractivity contribution < 1.29 is 0 Å². The van der Waals surface area contributed by atoms with Crippen LogP contribution < -0.4 is 0 Å². The largest absolute Gasteiger partial charge is 0.261 e. The Kier molecular flexibility index (Phi) is 8.06. The smallest absolute Gasteiger partial charge is 0.160 e. The number of hydrogen-bond donors (Lipinski definition) is 0. The molecule has 0 aliphatic heterocycles. The quantitative estimate of drug-likeness (QED) is 0.175. The zero-order chi connectivity index (χ0) is 33.0. The standard InChI is InChI=1S/C44H31N5/c1-30-13-14-37(29-47-30)31-15-17-32(18-16-31)38-25-39(33-19-21-36(22-20-33)43-45-23-8-24-46-43)27-40(26-38)44-48-41(34-9-4-2-5-10-34)28-42(49-44)35-11-6-3-7-12-35/h2-29H,1H3. The molecule has 0 atom stereocenters. The normalized spacial score (nSPS) is 11.0. The highest BCUT2D eigenvalue weighted by Gasteiger charge is 2.14. The average Bonchev–Trinajstić information content (AvgIpc) is 3.19. The maximum absolute atomic E-state index is 5.15. The molecule has 0 N–H and O–H groups in total. The zero-order valence-corrected chi connectivity index (χ0v) is 26.9. The minimum atomic E-state index is 0.667. The van der Waals surface area contributed by atoms with Gasteiger partial charge in [0.15, 0.2) is 11.6 Å². The molecule has 5 heteroatoms. The third-order valence-corrected chi connectivity index (χ3v) is 8.56. The Morgan fingerprint density at radius 2 is 0.796 bits per heavy atom. The van der Waals surface area contributed by atoms with Gasteiger partial charge in [-0.05, 0) is 71.1 Å². The maximum atomic E-state index is 5.15. The monoisotopic (exact) mass is 629 g/mol. The summed E-state index contributed by atoms with van der Waals surface area (Å²) in [5.74, 6) is 1.37. The van der Waals surface area contributed by atoms with Gasteiger partial charge in [0.1, 0.15) is 0 Å². The van der Waals surface area contributed by atoms with Crippen LogP contribution in [0, 0.1) is 6.92 Å². The number of pyridine rings is 1. The minimum absolute atomic E-state index is 0.667. The van der Waals surface area contributed by atoms with E-state index in [0.717, 1.165) is 72.7 Å². The highest BCUT2D eigenvalue weighted by atomic mass is 14.9. The molecular formula is C44H31N5. The first-order valence-corrected chi connectivity index (χ1v) is 16.2. The van der Waals surface area contributed by atoms with E-state index in [-0.39, 0.29) is 0 Å². The van der Waals surface area contributed by atoms with Crippen molar-refractivity contribution in [3.8, 4) is 78.7 Å². The van der Waals surface area contributed by atoms with Crippen molar-refractivity contribution in [1.29, 1.82) is 0 Å². The number of hydrogen-bond acceptors (Lipinski definition) is 5. The number of aryl methyl sites for hydroxylation is 1. The molecule has 0 saturated carbocycles. The molecule has 0 bridgehead atoms. The second-order valence-corrected chi connectivity index (χ2v) is 11.9. The molecule has 3 heterocycles. The van der Waals surface area contributed by atoms with E-state index in [9.17, 15) is 0 Å². The van der Waals surface area contributed by atoms with Crippen LogP contribution >= 0.6 is 0 Å². The first kappa shape index (κ1) is 29.8. The molecule has 232 valence electrons. The topological polar surface area (TPSA) is 64.5 Å². The molecule has 49 heavy (non-hydrogen) atoms. The maximum Gasteiger partial charge on any atom is 0.160 e. The van der Waals surface area contributed by atoms with E-state index in [0.29, 0.717) is 11.6 Å². The lowest BCUT2D eigenvalue weighted by Gasteiger charge is -2.13. The van der Waals surface area contributed by atoms with Gasteiger partial charge >= 0.3 is 0 Å². The molecule has 0 aliphatic carbocycles. The number of nitrogens with zero attached hydrogens (tertiary/aromatic N) is 5. The van der Waals surface area contributed by atoms with Gasteiger partial charge in [0.05, 0.1) is 11.4 Å². The Bertz CT molecular complexity index is 2280. The van der Waals surface area contributed by atoms with Crippen LogP contribution in [0.4, 0.5) is 0 Å². The molecule has 5 aromatic carbocycles. The summed E-state index contributed by atoms with van der Waals surface area (Å²) >= 11 is 0. The van der Waals surface area contributed by atoms with Gasteiger partial charge in [0.2, 0.25) is 0 Å². The summed E-state index contributed by atoms with van der Waals surface area (Å²) in [6, 6.07) is 52.3. The van der Waals surface area contributed by atoms with E-state index < -0.39 is 0 Å². The summed E-state index contributed by atoms with van der Waals surface area (Å²) in [4.78, 5) is 23.6. The molecular weight excluding hydrogens is 599 g/mol. The van der Waals surface area contributed by atoms with Crippen molar-refractivity contribution in [3.05, 3.63) is 176 Å². The lowest BCUT2D eigenvalue weighted by Crippen LogP contribution is -1.97. The molecule has 0 unspecified atom stereocenters. The third-order valence-electron chi connectivity index (χ3n) is 8.56. The molecule has 3 aromatic heterocycles. The van der Waals surface area contributed by atoms with Crippen molar-refractivity contribution in [1.82, 2.24) is 24.9 Å². The van der Waals surface area contributed by atoms with Gasteiger partial charge < -0.3 is 0 Å². The fourth-order valence-corrected chi connectivity index (χ4v) is 5.93. The summed E-state index contributed by atoms with van der Waals surface area (Å²) in [7, 11) is 0. The van der Waals surface area contributed by atoms with Gasteiger partial charge in [0.25, 0.3) is 0 Å². The van der Waals surface area contributed by atoms with Crippen molar-refractivity contribution in [3.63, 3.8) is 0 Å². The van der Waals surface area contributed by atoms with E-state index >= 15 is 0 Å². The van der Waals surface area contributed by atoms with Crippen molar-refractivity contribution in [2.45, 2.75) is 6.92 Å². The van der Waals surface area contributed by atoms with Crippen LogP contribution in [0.3, 0.4) is 0 Å². The molecule has 5 nitrogen and oxygen atoms in total. The van der Waals surface area contributed by atoms with Crippen molar-refractivity contribution in [2.75, 3.05) is 0 Å². The Morgan fingerprint density at radius 3 is 1.31 bits per heavy atom. The van der Waals surface area contributed by atoms with Crippen LogP contribution in [0.2, 0.25) is 0 Å². The predicted molar refractivity (Wildman–Crippen MR) is 198 cm³/mol. The Labute approximate surface area is 285 Å². The number of rotatable bonds is 7. The van der Waals surface area contributed by atoms with E-state index in [1.807, 2.05) is 61.7 Å². The summed E-state index contributed by atoms with van der Waals surface area (Å²) in [5.41, 5.74) is 13.3. The van der Waals surface area contributed by atoms with Gasteiger partial charge in [-0.25, -0.2) is 19.9 Å². The van der Waals surface area contributed by atoms with Gasteiger partial charge in [-0.15, -0.1) is 0 Å². The molecule has 8 aromatic rings. The summed E-state index contributed by atoms with van der Waals surface area (Å²) < 4.78 is 0. The molecule has 0 spiro atoms. The van der Waals surface area contributed by atoms with Crippen LogP contribution in [-0.2, 0) is 0 Å². The molecule has 0 fully saturated rings. The van der Waals surface area contributed by atoms with Crippen LogP contribution in [-0.4, -0.2) is 24.9 Å².